The molecule has 0 aromatic heterocycles. The average molecular weight is 706 g/mol. The Labute approximate surface area is 298 Å². The Kier molecular flexibility index (Phi) is 11.4. The fourth-order valence-corrected chi connectivity index (χ4v) is 6.64. The number of halogens is 1. The van der Waals surface area contributed by atoms with Crippen molar-refractivity contribution in [3.63, 3.8) is 0 Å². The topological polar surface area (TPSA) is 146 Å². The molecule has 11 nitrogen and oxygen atoms in total. The maximum Gasteiger partial charge on any atom is 0.289 e. The Morgan fingerprint density at radius 1 is 1.04 bits per heavy atom. The Bertz CT molecular complexity index is 1640. The van der Waals surface area contributed by atoms with E-state index in [1.807, 2.05) is 83.2 Å². The van der Waals surface area contributed by atoms with Gasteiger partial charge in [-0.3, -0.25) is 34.3 Å². The molecule has 1 aliphatic carbocycles. The molecule has 1 saturated carbocycles. The van der Waals surface area contributed by atoms with E-state index in [-0.39, 0.29) is 31.3 Å². The molecule has 0 unspecified atom stereocenters. The lowest BCUT2D eigenvalue weighted by atomic mass is 9.85. The number of nitrogens with zero attached hydrogens (tertiary/aromatic N) is 1. The molecule has 4 N–H and O–H groups in total. The minimum absolute atomic E-state index is 0.00242. The molecule has 3 aliphatic rings. The zero-order valence-corrected chi connectivity index (χ0v) is 30.1. The van der Waals surface area contributed by atoms with Crippen molar-refractivity contribution in [3.8, 4) is 0 Å². The molecule has 2 fully saturated rings. The first-order chi connectivity index (χ1) is 23.7. The number of Topliss-reactive ketones (excluding diaryl/α,β-unsaturated/α-hetero) is 1. The van der Waals surface area contributed by atoms with Crippen LogP contribution < -0.4 is 21.4 Å². The van der Waals surface area contributed by atoms with Crippen molar-refractivity contribution in [2.45, 2.75) is 103 Å². The van der Waals surface area contributed by atoms with Gasteiger partial charge in [0.2, 0.25) is 23.5 Å². The van der Waals surface area contributed by atoms with Crippen LogP contribution >= 0.6 is 11.6 Å². The highest BCUT2D eigenvalue weighted by Crippen LogP contribution is 2.39. The Morgan fingerprint density at radius 3 is 2.40 bits per heavy atom. The molecular weight excluding hydrogens is 658 g/mol. The van der Waals surface area contributed by atoms with Crippen molar-refractivity contribution in [2.75, 3.05) is 6.54 Å². The van der Waals surface area contributed by atoms with Gasteiger partial charge in [-0.2, -0.15) is 0 Å². The summed E-state index contributed by atoms with van der Waals surface area (Å²) in [6, 6.07) is 13.7. The minimum atomic E-state index is -1.10. The van der Waals surface area contributed by atoms with Crippen molar-refractivity contribution >= 4 is 46.7 Å². The second-order valence-corrected chi connectivity index (χ2v) is 15.3. The normalized spacial score (nSPS) is 21.8. The van der Waals surface area contributed by atoms with Crippen LogP contribution in [-0.2, 0) is 35.2 Å². The van der Waals surface area contributed by atoms with Gasteiger partial charge in [-0.1, -0.05) is 95.1 Å². The van der Waals surface area contributed by atoms with E-state index in [1.54, 1.807) is 12.1 Å². The number of hydroxylamine groups is 1. The summed E-state index contributed by atoms with van der Waals surface area (Å²) >= 11 is 6.25. The summed E-state index contributed by atoms with van der Waals surface area (Å²) in [5.74, 6) is -3.17. The molecule has 268 valence electrons. The molecule has 12 heteroatoms. The second-order valence-electron chi connectivity index (χ2n) is 14.9. The van der Waals surface area contributed by atoms with Gasteiger partial charge in [-0.25, -0.2) is 0 Å². The number of likely N-dealkylation sites (tertiary alicyclic amines) is 1. The van der Waals surface area contributed by atoms with Crippen LogP contribution in [0.25, 0.3) is 5.70 Å². The van der Waals surface area contributed by atoms with Gasteiger partial charge in [0.05, 0.1) is 18.3 Å². The van der Waals surface area contributed by atoms with Gasteiger partial charge < -0.3 is 20.9 Å². The quantitative estimate of drug-likeness (QED) is 0.230. The van der Waals surface area contributed by atoms with Crippen LogP contribution in [0.2, 0.25) is 5.02 Å². The Hall–Kier alpha value is -4.22. The van der Waals surface area contributed by atoms with Crippen LogP contribution in [0.3, 0.4) is 0 Å². The van der Waals surface area contributed by atoms with E-state index >= 15 is 0 Å². The molecule has 0 bridgehead atoms. The van der Waals surface area contributed by atoms with Crippen molar-refractivity contribution in [1.29, 1.82) is 0 Å². The third-order valence-corrected chi connectivity index (χ3v) is 9.66. The van der Waals surface area contributed by atoms with Crippen LogP contribution in [0, 0.1) is 11.3 Å². The molecule has 1 saturated heterocycles. The predicted molar refractivity (Wildman–Crippen MR) is 190 cm³/mol. The lowest BCUT2D eigenvalue weighted by Gasteiger charge is -2.36. The number of amides is 4. The zero-order valence-electron chi connectivity index (χ0n) is 29.4. The fraction of sp³-hybridized carbons (Fsp3) is 0.500. The third-order valence-electron chi connectivity index (χ3n) is 9.42. The number of benzene rings is 2. The van der Waals surface area contributed by atoms with E-state index in [1.165, 1.54) is 4.90 Å². The summed E-state index contributed by atoms with van der Waals surface area (Å²) in [6.07, 6.45) is 4.84. The summed E-state index contributed by atoms with van der Waals surface area (Å²) in [6.45, 7) is 9.25. The number of hydrogen-bond donors (Lipinski definition) is 4. The molecule has 5 atom stereocenters. The molecule has 2 aromatic rings. The van der Waals surface area contributed by atoms with E-state index in [0.717, 1.165) is 24.0 Å². The molecule has 2 heterocycles. The predicted octanol–water partition coefficient (Wildman–Crippen LogP) is 4.10. The first-order valence-electron chi connectivity index (χ1n) is 17.4. The lowest BCUT2D eigenvalue weighted by Crippen LogP contribution is -2.59. The van der Waals surface area contributed by atoms with Crippen LogP contribution in [0.4, 0.5) is 0 Å². The van der Waals surface area contributed by atoms with Crippen LogP contribution in [0.1, 0.15) is 77.8 Å². The average Bonchev–Trinajstić information content (AvgIpc) is 3.67. The molecular formula is C38H48ClN5O6. The fourth-order valence-electron chi connectivity index (χ4n) is 6.45. The highest BCUT2D eigenvalue weighted by molar-refractivity contribution is 6.38. The monoisotopic (exact) mass is 705 g/mol. The first-order valence-corrected chi connectivity index (χ1v) is 17.8. The molecule has 50 heavy (non-hydrogen) atoms. The number of carbonyl (C=O) groups excluding carboxylic acids is 5. The molecule has 4 amide bonds. The SMILES string of the molecule is CCC[C@H](NC(=O)[C@@H]1C[C@]2(C=C(c3cccc(Cl)c3)NO2)CN1C(=O)[C@@H](NC(=O)[C@@H](C)Cc1ccccc1)C(C)(C)C)C(=O)C(=O)NC1CC1. The highest BCUT2D eigenvalue weighted by atomic mass is 35.5. The number of carbonyl (C=O) groups is 5. The third kappa shape index (κ3) is 8.92. The van der Waals surface area contributed by atoms with Crippen LogP contribution in [0.5, 0.6) is 0 Å². The van der Waals surface area contributed by atoms with Gasteiger partial charge in [0.25, 0.3) is 5.91 Å². The summed E-state index contributed by atoms with van der Waals surface area (Å²) in [7, 11) is 0. The summed E-state index contributed by atoms with van der Waals surface area (Å²) in [5, 5.41) is 9.04. The maximum absolute atomic E-state index is 14.6. The smallest absolute Gasteiger partial charge is 0.289 e. The standard InChI is InChI=1S/C38H48ClN5O6/c1-6-11-28(31(45)35(48)40-27-16-17-27)41-34(47)30-21-38(20-29(43-50-38)25-14-10-15-26(39)19-25)22-44(30)36(49)32(37(3,4)5)42-33(46)23(2)18-24-12-8-7-9-13-24/h7-10,12-15,19-20,23,27-28,30,32,43H,6,11,16-18,21-22H2,1-5H3,(H,40,48)(H,41,47)(H,42,46)/t23-,28-,30-,32+,38+/m0/s1. The number of ketones is 1. The van der Waals surface area contributed by atoms with Gasteiger partial charge in [0, 0.05) is 29.0 Å². The summed E-state index contributed by atoms with van der Waals surface area (Å²) in [5.41, 5.74) is 3.53. The van der Waals surface area contributed by atoms with E-state index in [0.29, 0.717) is 23.6 Å². The molecule has 1 spiro atoms. The van der Waals surface area contributed by atoms with Crippen molar-refractivity contribution in [1.82, 2.24) is 26.3 Å². The number of rotatable bonds is 13. The molecule has 2 aliphatic heterocycles. The maximum atomic E-state index is 14.6. The Morgan fingerprint density at radius 2 is 1.76 bits per heavy atom. The largest absolute Gasteiger partial charge is 0.347 e. The van der Waals surface area contributed by atoms with Gasteiger partial charge in [0.1, 0.15) is 17.7 Å². The molecule has 2 aromatic carbocycles. The summed E-state index contributed by atoms with van der Waals surface area (Å²) in [4.78, 5) is 75.8. The Balaban J connectivity index is 1.42. The van der Waals surface area contributed by atoms with Gasteiger partial charge in [0.15, 0.2) is 0 Å². The van der Waals surface area contributed by atoms with Crippen molar-refractivity contribution < 1.29 is 28.8 Å². The number of nitrogens with one attached hydrogen (secondary N) is 4. The highest BCUT2D eigenvalue weighted by Gasteiger charge is 2.54. The van der Waals surface area contributed by atoms with Crippen molar-refractivity contribution in [3.05, 3.63) is 76.8 Å². The lowest BCUT2D eigenvalue weighted by molar-refractivity contribution is -0.145. The first kappa shape index (κ1) is 37.0. The molecule has 5 rings (SSSR count). The van der Waals surface area contributed by atoms with Crippen molar-refractivity contribution in [2.24, 2.45) is 11.3 Å². The molecule has 0 radical (unpaired) electrons. The summed E-state index contributed by atoms with van der Waals surface area (Å²) < 4.78 is 0. The van der Waals surface area contributed by atoms with Gasteiger partial charge in [-0.05, 0) is 54.9 Å². The van der Waals surface area contributed by atoms with Gasteiger partial charge >= 0.3 is 0 Å². The second kappa shape index (κ2) is 15.3. The van der Waals surface area contributed by atoms with Crippen LogP contribution in [-0.4, -0.2) is 70.6 Å². The van der Waals surface area contributed by atoms with E-state index in [2.05, 4.69) is 21.4 Å². The number of hydrogen-bond acceptors (Lipinski definition) is 7. The van der Waals surface area contributed by atoms with E-state index in [9.17, 15) is 24.0 Å². The van der Waals surface area contributed by atoms with Gasteiger partial charge in [-0.15, -0.1) is 0 Å². The van der Waals surface area contributed by atoms with E-state index < -0.39 is 58.6 Å². The zero-order chi connectivity index (χ0) is 36.2. The van der Waals surface area contributed by atoms with E-state index in [4.69, 9.17) is 16.4 Å². The van der Waals surface area contributed by atoms with Crippen LogP contribution in [0.15, 0.2) is 60.7 Å². The minimum Gasteiger partial charge on any atom is -0.347 e.